The van der Waals surface area contributed by atoms with Gasteiger partial charge in [0.15, 0.2) is 0 Å². The maximum absolute atomic E-state index is 12.8. The van der Waals surface area contributed by atoms with Crippen molar-refractivity contribution in [3.05, 3.63) is 48.0 Å². The zero-order valence-corrected chi connectivity index (χ0v) is 18.8. The van der Waals surface area contributed by atoms with Gasteiger partial charge in [-0.05, 0) is 24.6 Å². The second-order valence-electron chi connectivity index (χ2n) is 6.67. The molecule has 0 unspecified atom stereocenters. The molecule has 1 aromatic carbocycles. The van der Waals surface area contributed by atoms with Crippen LogP contribution in [0.5, 0.6) is 5.75 Å². The minimum Gasteiger partial charge on any atom is -0.449 e. The molecule has 9 nitrogen and oxygen atoms in total. The number of aromatic nitrogens is 3. The third-order valence-corrected chi connectivity index (χ3v) is 6.49. The van der Waals surface area contributed by atoms with Crippen LogP contribution in [0.2, 0.25) is 0 Å². The molecular formula is C19H19F3N4O5S2. The SMILES string of the molecule is CCCCOC(=O)NS(=O)(=O)c1ccc(OC(F)(F)F)cc1-c1ncc(Cn2ccnc2)s1. The molecule has 0 atom stereocenters. The maximum atomic E-state index is 12.8. The van der Waals surface area contributed by atoms with Crippen LogP contribution in [0.1, 0.15) is 24.6 Å². The van der Waals surface area contributed by atoms with E-state index >= 15 is 0 Å². The lowest BCUT2D eigenvalue weighted by atomic mass is 10.2. The second kappa shape index (κ2) is 10.2. The predicted molar refractivity (Wildman–Crippen MR) is 112 cm³/mol. The third kappa shape index (κ3) is 6.92. The number of benzene rings is 1. The lowest BCUT2D eigenvalue weighted by Crippen LogP contribution is -2.31. The number of carbonyl (C=O) groups is 1. The summed E-state index contributed by atoms with van der Waals surface area (Å²) in [6.45, 7) is 2.26. The minimum atomic E-state index is -4.98. The predicted octanol–water partition coefficient (Wildman–Crippen LogP) is 4.17. The van der Waals surface area contributed by atoms with Gasteiger partial charge in [0.25, 0.3) is 10.0 Å². The number of nitrogens with one attached hydrogen (secondary N) is 1. The summed E-state index contributed by atoms with van der Waals surface area (Å²) < 4.78 is 76.0. The molecule has 0 fully saturated rings. The Hall–Kier alpha value is -3.13. The van der Waals surface area contributed by atoms with E-state index in [2.05, 4.69) is 14.7 Å². The van der Waals surface area contributed by atoms with Crippen molar-refractivity contribution in [3.63, 3.8) is 0 Å². The first kappa shape index (κ1) is 24.5. The number of thiazole rings is 1. The number of carbonyl (C=O) groups excluding carboxylic acids is 1. The highest BCUT2D eigenvalue weighted by atomic mass is 32.2. The van der Waals surface area contributed by atoms with Gasteiger partial charge in [0.05, 0.1) is 24.4 Å². The second-order valence-corrected chi connectivity index (χ2v) is 9.43. The summed E-state index contributed by atoms with van der Waals surface area (Å²) in [6.07, 6.45) is 1.44. The molecule has 0 aliphatic carbocycles. The molecule has 2 heterocycles. The molecule has 0 saturated heterocycles. The van der Waals surface area contributed by atoms with Gasteiger partial charge >= 0.3 is 12.5 Å². The van der Waals surface area contributed by atoms with Crippen LogP contribution in [0.3, 0.4) is 0 Å². The molecule has 3 rings (SSSR count). The molecule has 1 amide bonds. The van der Waals surface area contributed by atoms with E-state index in [1.165, 1.54) is 6.20 Å². The summed E-state index contributed by atoms with van der Waals surface area (Å²) in [7, 11) is -4.49. The summed E-state index contributed by atoms with van der Waals surface area (Å²) in [6, 6.07) is 2.66. The Kier molecular flexibility index (Phi) is 7.58. The van der Waals surface area contributed by atoms with E-state index in [4.69, 9.17) is 4.74 Å². The molecular weight excluding hydrogens is 485 g/mol. The lowest BCUT2D eigenvalue weighted by molar-refractivity contribution is -0.274. The molecule has 14 heteroatoms. The van der Waals surface area contributed by atoms with Crippen molar-refractivity contribution in [2.75, 3.05) is 6.61 Å². The van der Waals surface area contributed by atoms with Gasteiger partial charge in [0.2, 0.25) is 0 Å². The molecule has 1 N–H and O–H groups in total. The Labute approximate surface area is 191 Å². The van der Waals surface area contributed by atoms with Crippen LogP contribution in [0.15, 0.2) is 48.0 Å². The van der Waals surface area contributed by atoms with E-state index in [9.17, 15) is 26.4 Å². The van der Waals surface area contributed by atoms with Gasteiger partial charge in [0, 0.05) is 29.0 Å². The largest absolute Gasteiger partial charge is 0.573 e. The first-order chi connectivity index (χ1) is 15.6. The molecule has 33 heavy (non-hydrogen) atoms. The third-order valence-electron chi connectivity index (χ3n) is 4.10. The van der Waals surface area contributed by atoms with Crippen molar-refractivity contribution in [1.82, 2.24) is 19.3 Å². The Morgan fingerprint density at radius 3 is 2.76 bits per heavy atom. The van der Waals surface area contributed by atoms with Gasteiger partial charge in [0.1, 0.15) is 10.8 Å². The van der Waals surface area contributed by atoms with Gasteiger partial charge in [-0.2, -0.15) is 0 Å². The van der Waals surface area contributed by atoms with Crippen LogP contribution in [-0.2, 0) is 21.3 Å². The molecule has 0 spiro atoms. The Balaban J connectivity index is 1.95. The molecule has 2 aromatic heterocycles. The highest BCUT2D eigenvalue weighted by Crippen LogP contribution is 2.35. The number of unbranched alkanes of at least 4 members (excludes halogenated alkanes) is 1. The molecule has 0 aliphatic rings. The monoisotopic (exact) mass is 504 g/mol. The fraction of sp³-hybridized carbons (Fsp3) is 0.316. The Bertz CT molecular complexity index is 1190. The number of ether oxygens (including phenoxy) is 2. The summed E-state index contributed by atoms with van der Waals surface area (Å²) in [5, 5.41) is 0.123. The lowest BCUT2D eigenvalue weighted by Gasteiger charge is -2.13. The molecule has 178 valence electrons. The Morgan fingerprint density at radius 1 is 1.30 bits per heavy atom. The maximum Gasteiger partial charge on any atom is 0.573 e. The number of nitrogens with zero attached hydrogens (tertiary/aromatic N) is 3. The zero-order chi connectivity index (χ0) is 24.1. The number of alkyl halides is 3. The zero-order valence-electron chi connectivity index (χ0n) is 17.2. The first-order valence-corrected chi connectivity index (χ1v) is 11.9. The van der Waals surface area contributed by atoms with Crippen molar-refractivity contribution in [2.24, 2.45) is 0 Å². The number of hydrogen-bond acceptors (Lipinski definition) is 8. The molecule has 0 saturated carbocycles. The summed E-state index contributed by atoms with van der Waals surface area (Å²) in [5.74, 6) is -0.631. The summed E-state index contributed by atoms with van der Waals surface area (Å²) in [5.41, 5.74) is -0.160. The van der Waals surface area contributed by atoms with Crippen LogP contribution in [-0.4, -0.2) is 42.0 Å². The number of sulfonamides is 1. The quantitative estimate of drug-likeness (QED) is 0.435. The standard InChI is InChI=1S/C19H19F3N4O5S2/c1-2-3-8-30-18(27)25-33(28,29)16-5-4-13(31-19(20,21)22)9-15(16)17-24-10-14(32-17)11-26-7-6-23-12-26/h4-7,9-10,12H,2-3,8,11H2,1H3,(H,25,27). The van der Waals surface area contributed by atoms with Gasteiger partial charge in [-0.15, -0.1) is 24.5 Å². The first-order valence-electron chi connectivity index (χ1n) is 9.57. The molecule has 0 radical (unpaired) electrons. The fourth-order valence-electron chi connectivity index (χ4n) is 2.68. The van der Waals surface area contributed by atoms with Gasteiger partial charge < -0.3 is 14.0 Å². The van der Waals surface area contributed by atoms with E-state index in [-0.39, 0.29) is 17.2 Å². The Morgan fingerprint density at radius 2 is 2.09 bits per heavy atom. The average Bonchev–Trinajstić information content (AvgIpc) is 3.39. The smallest absolute Gasteiger partial charge is 0.449 e. The van der Waals surface area contributed by atoms with Crippen LogP contribution in [0.4, 0.5) is 18.0 Å². The molecule has 3 aromatic rings. The number of imidazole rings is 1. The van der Waals surface area contributed by atoms with E-state index in [1.807, 2.05) is 6.92 Å². The summed E-state index contributed by atoms with van der Waals surface area (Å²) in [4.78, 5) is 20.2. The van der Waals surface area contributed by atoms with Crippen molar-refractivity contribution in [1.29, 1.82) is 0 Å². The van der Waals surface area contributed by atoms with Gasteiger partial charge in [-0.1, -0.05) is 13.3 Å². The van der Waals surface area contributed by atoms with Crippen molar-refractivity contribution < 1.29 is 35.9 Å². The number of halogens is 3. The van der Waals surface area contributed by atoms with Crippen molar-refractivity contribution in [3.8, 4) is 16.3 Å². The topological polar surface area (TPSA) is 112 Å². The molecule has 0 aliphatic heterocycles. The molecule has 0 bridgehead atoms. The van der Waals surface area contributed by atoms with Crippen LogP contribution >= 0.6 is 11.3 Å². The van der Waals surface area contributed by atoms with E-state index in [0.717, 1.165) is 36.0 Å². The highest BCUT2D eigenvalue weighted by molar-refractivity contribution is 7.90. The number of amides is 1. The van der Waals surface area contributed by atoms with Crippen LogP contribution in [0, 0.1) is 0 Å². The number of hydrogen-bond donors (Lipinski definition) is 1. The van der Waals surface area contributed by atoms with Gasteiger partial charge in [-0.3, -0.25) is 0 Å². The van der Waals surface area contributed by atoms with E-state index in [0.29, 0.717) is 17.8 Å². The fourth-order valence-corrected chi connectivity index (χ4v) is 4.77. The number of rotatable bonds is 9. The van der Waals surface area contributed by atoms with E-state index < -0.39 is 33.1 Å². The van der Waals surface area contributed by atoms with Crippen molar-refractivity contribution >= 4 is 27.5 Å². The average molecular weight is 505 g/mol. The normalized spacial score (nSPS) is 11.9. The van der Waals surface area contributed by atoms with Crippen molar-refractivity contribution in [2.45, 2.75) is 37.6 Å². The minimum absolute atomic E-state index is 0.0210. The van der Waals surface area contributed by atoms with Crippen LogP contribution in [0.25, 0.3) is 10.6 Å². The van der Waals surface area contributed by atoms with Gasteiger partial charge in [-0.25, -0.2) is 27.9 Å². The summed E-state index contributed by atoms with van der Waals surface area (Å²) >= 11 is 1.07. The van der Waals surface area contributed by atoms with E-state index in [1.54, 1.807) is 28.0 Å². The highest BCUT2D eigenvalue weighted by Gasteiger charge is 2.32. The van der Waals surface area contributed by atoms with Crippen LogP contribution < -0.4 is 9.46 Å².